The third-order valence-electron chi connectivity index (χ3n) is 0.406. The van der Waals surface area contributed by atoms with Crippen LogP contribution in [0, 0.1) is 5.95 Å². The number of halogens is 1. The molecule has 0 unspecified atom stereocenters. The predicted octanol–water partition coefficient (Wildman–Crippen LogP) is 1.28. The summed E-state index contributed by atoms with van der Waals surface area (Å²) in [6, 6.07) is 1.32. The van der Waals surface area contributed by atoms with Gasteiger partial charge < -0.3 is 0 Å². The van der Waals surface area contributed by atoms with E-state index in [2.05, 4.69) is 4.37 Å². The molecule has 32 valence electrons. The van der Waals surface area contributed by atoms with Crippen LogP contribution < -0.4 is 0 Å². The van der Waals surface area contributed by atoms with Gasteiger partial charge in [-0.1, -0.05) is 0 Å². The van der Waals surface area contributed by atoms with Gasteiger partial charge in [0, 0.05) is 11.4 Å². The summed E-state index contributed by atoms with van der Waals surface area (Å²) in [5.41, 5.74) is 0. The van der Waals surface area contributed by atoms with Crippen molar-refractivity contribution in [2.24, 2.45) is 0 Å². The van der Waals surface area contributed by atoms with E-state index in [9.17, 15) is 4.39 Å². The molecule has 0 aromatic carbocycles. The zero-order chi connectivity index (χ0) is 4.41. The highest BCUT2D eigenvalue weighted by Gasteiger charge is 1.82. The summed E-state index contributed by atoms with van der Waals surface area (Å²) in [5.74, 6) is -0.389. The van der Waals surface area contributed by atoms with Crippen molar-refractivity contribution in [1.82, 2.24) is 4.37 Å². The molecule has 1 nitrogen and oxygen atoms in total. The molecule has 3 heteroatoms. The summed E-state index contributed by atoms with van der Waals surface area (Å²) in [5, 5.41) is 1.59. The van der Waals surface area contributed by atoms with Gasteiger partial charge in [0.15, 0.2) is 0 Å². The summed E-state index contributed by atoms with van der Waals surface area (Å²) in [4.78, 5) is 0. The summed E-state index contributed by atoms with van der Waals surface area (Å²) in [6.07, 6.45) is 0. The van der Waals surface area contributed by atoms with E-state index in [1.165, 1.54) is 6.07 Å². The van der Waals surface area contributed by atoms with Gasteiger partial charge in [-0.2, -0.15) is 8.76 Å². The molecule has 0 N–H and O–H groups in total. The molecular weight excluding hydrogens is 101 g/mol. The smallest absolute Gasteiger partial charge is 0.184 e. The summed E-state index contributed by atoms with van der Waals surface area (Å²) >= 11 is 1.11. The molecular formula is C3H2FNS. The molecule has 6 heavy (non-hydrogen) atoms. The second-order valence-electron chi connectivity index (χ2n) is 0.822. The first-order valence-electron chi connectivity index (χ1n) is 1.45. The number of hydrogen-bond acceptors (Lipinski definition) is 2. The Hall–Kier alpha value is -0.440. The predicted molar refractivity (Wildman–Crippen MR) is 22.1 cm³/mol. The Kier molecular flexibility index (Phi) is 0.837. The lowest BCUT2D eigenvalue weighted by atomic mass is 10.8. The largest absolute Gasteiger partial charge is 0.224 e. The minimum absolute atomic E-state index is 0.389. The van der Waals surface area contributed by atoms with Crippen molar-refractivity contribution in [1.29, 1.82) is 0 Å². The lowest BCUT2D eigenvalue weighted by Gasteiger charge is -1.59. The molecule has 0 aliphatic carbocycles. The normalized spacial score (nSPS) is 8.83. The van der Waals surface area contributed by atoms with Gasteiger partial charge in [0.25, 0.3) is 0 Å². The Bertz CT molecular complexity index is 114. The highest BCUT2D eigenvalue weighted by Crippen LogP contribution is 1.93. The van der Waals surface area contributed by atoms with E-state index in [0.29, 0.717) is 0 Å². The van der Waals surface area contributed by atoms with Gasteiger partial charge in [-0.05, 0) is 11.5 Å². The third-order valence-corrected chi connectivity index (χ3v) is 0.944. The average Bonchev–Trinajstić information content (AvgIpc) is 1.86. The molecule has 0 fully saturated rings. The van der Waals surface area contributed by atoms with Crippen LogP contribution in [0.5, 0.6) is 0 Å². The SMILES string of the molecule is Fc1ccsn1. The van der Waals surface area contributed by atoms with Crippen LogP contribution in [-0.4, -0.2) is 4.37 Å². The first-order valence-corrected chi connectivity index (χ1v) is 2.29. The van der Waals surface area contributed by atoms with E-state index >= 15 is 0 Å². The maximum atomic E-state index is 11.6. The zero-order valence-electron chi connectivity index (χ0n) is 2.89. The van der Waals surface area contributed by atoms with Gasteiger partial charge in [0.2, 0.25) is 5.95 Å². The van der Waals surface area contributed by atoms with Crippen molar-refractivity contribution < 1.29 is 4.39 Å². The van der Waals surface area contributed by atoms with Crippen LogP contribution in [0.2, 0.25) is 0 Å². The van der Waals surface area contributed by atoms with Crippen LogP contribution in [0.1, 0.15) is 0 Å². The second-order valence-corrected chi connectivity index (χ2v) is 1.49. The minimum atomic E-state index is -0.389. The summed E-state index contributed by atoms with van der Waals surface area (Å²) in [7, 11) is 0. The highest BCUT2D eigenvalue weighted by molar-refractivity contribution is 7.03. The van der Waals surface area contributed by atoms with E-state index in [4.69, 9.17) is 0 Å². The standard InChI is InChI=1S/C3H2FNS/c4-3-1-2-6-5-3/h1-2H. The van der Waals surface area contributed by atoms with Crippen molar-refractivity contribution in [2.75, 3.05) is 0 Å². The van der Waals surface area contributed by atoms with E-state index in [-0.39, 0.29) is 5.95 Å². The van der Waals surface area contributed by atoms with Gasteiger partial charge >= 0.3 is 0 Å². The fraction of sp³-hybridized carbons (Fsp3) is 0. The quantitative estimate of drug-likeness (QED) is 0.482. The first-order chi connectivity index (χ1) is 2.89. The molecule has 0 saturated carbocycles. The molecule has 1 heterocycles. The van der Waals surface area contributed by atoms with Gasteiger partial charge in [-0.3, -0.25) is 0 Å². The Balaban J connectivity index is 3.05. The summed E-state index contributed by atoms with van der Waals surface area (Å²) < 4.78 is 14.9. The van der Waals surface area contributed by atoms with Crippen molar-refractivity contribution in [3.63, 3.8) is 0 Å². The Morgan fingerprint density at radius 2 is 2.67 bits per heavy atom. The molecule has 0 aliphatic rings. The molecule has 0 saturated heterocycles. The Labute approximate surface area is 38.6 Å². The Morgan fingerprint density at radius 3 is 2.83 bits per heavy atom. The maximum Gasteiger partial charge on any atom is 0.224 e. The molecule has 0 amide bonds. The van der Waals surface area contributed by atoms with Gasteiger partial charge in [0.05, 0.1) is 0 Å². The Morgan fingerprint density at radius 1 is 1.83 bits per heavy atom. The van der Waals surface area contributed by atoms with Crippen molar-refractivity contribution >= 4 is 11.5 Å². The van der Waals surface area contributed by atoms with Gasteiger partial charge in [0.1, 0.15) is 0 Å². The average molecular weight is 103 g/mol. The van der Waals surface area contributed by atoms with Crippen molar-refractivity contribution in [3.8, 4) is 0 Å². The fourth-order valence-corrected chi connectivity index (χ4v) is 0.593. The number of rotatable bonds is 0. The molecule has 1 rings (SSSR count). The molecule has 0 aliphatic heterocycles. The molecule has 0 atom stereocenters. The van der Waals surface area contributed by atoms with Gasteiger partial charge in [-0.25, -0.2) is 0 Å². The van der Waals surface area contributed by atoms with E-state index < -0.39 is 0 Å². The van der Waals surface area contributed by atoms with Crippen LogP contribution >= 0.6 is 11.5 Å². The van der Waals surface area contributed by atoms with Crippen LogP contribution in [0.15, 0.2) is 11.4 Å². The number of nitrogens with zero attached hydrogens (tertiary/aromatic N) is 1. The van der Waals surface area contributed by atoms with E-state index in [0.717, 1.165) is 11.5 Å². The minimum Gasteiger partial charge on any atom is -0.184 e. The topological polar surface area (TPSA) is 12.9 Å². The summed E-state index contributed by atoms with van der Waals surface area (Å²) in [6.45, 7) is 0. The zero-order valence-corrected chi connectivity index (χ0v) is 3.70. The lowest BCUT2D eigenvalue weighted by molar-refractivity contribution is 0.598. The van der Waals surface area contributed by atoms with E-state index in [1.807, 2.05) is 0 Å². The monoisotopic (exact) mass is 103 g/mol. The van der Waals surface area contributed by atoms with Crippen LogP contribution in [0.25, 0.3) is 0 Å². The van der Waals surface area contributed by atoms with Crippen LogP contribution in [-0.2, 0) is 0 Å². The molecule has 0 radical (unpaired) electrons. The van der Waals surface area contributed by atoms with Crippen molar-refractivity contribution in [3.05, 3.63) is 17.4 Å². The third kappa shape index (κ3) is 0.542. The van der Waals surface area contributed by atoms with Crippen LogP contribution in [0.4, 0.5) is 4.39 Å². The molecule has 1 aromatic heterocycles. The number of aromatic nitrogens is 1. The van der Waals surface area contributed by atoms with Crippen LogP contribution in [0.3, 0.4) is 0 Å². The second kappa shape index (κ2) is 1.34. The van der Waals surface area contributed by atoms with Crippen molar-refractivity contribution in [2.45, 2.75) is 0 Å². The molecule has 0 spiro atoms. The lowest BCUT2D eigenvalue weighted by Crippen LogP contribution is -1.59. The van der Waals surface area contributed by atoms with Gasteiger partial charge in [-0.15, -0.1) is 0 Å². The number of hydrogen-bond donors (Lipinski definition) is 0. The maximum absolute atomic E-state index is 11.6. The van der Waals surface area contributed by atoms with E-state index in [1.54, 1.807) is 5.38 Å². The highest BCUT2D eigenvalue weighted by atomic mass is 32.1. The fourth-order valence-electron chi connectivity index (χ4n) is 0.198. The first kappa shape index (κ1) is 3.74. The molecule has 0 bridgehead atoms. The molecule has 1 aromatic rings.